The van der Waals surface area contributed by atoms with Crippen LogP contribution in [0.2, 0.25) is 0 Å². The molecular weight excluding hydrogens is 304 g/mol. The van der Waals surface area contributed by atoms with Gasteiger partial charge in [0.25, 0.3) is 0 Å². The van der Waals surface area contributed by atoms with E-state index < -0.39 is 0 Å². The van der Waals surface area contributed by atoms with Crippen molar-refractivity contribution >= 4 is 6.03 Å². The van der Waals surface area contributed by atoms with Crippen molar-refractivity contribution in [2.45, 2.75) is 19.5 Å². The molecule has 0 aliphatic rings. The van der Waals surface area contributed by atoms with Gasteiger partial charge in [-0.25, -0.2) is 14.5 Å². The maximum Gasteiger partial charge on any atom is 0.315 e. The van der Waals surface area contributed by atoms with Crippen LogP contribution in [0.15, 0.2) is 61.4 Å². The number of nitrogens with zero attached hydrogens (tertiary/aromatic N) is 4. The zero-order valence-electron chi connectivity index (χ0n) is 13.5. The maximum atomic E-state index is 12.0. The average Bonchev–Trinajstić information content (AvgIpc) is 3.29. The number of benzene rings is 1. The number of urea groups is 1. The Bertz CT molecular complexity index is 766. The Morgan fingerprint density at radius 2 is 2.08 bits per heavy atom. The summed E-state index contributed by atoms with van der Waals surface area (Å²) in [6, 6.07) is 11.5. The molecule has 3 rings (SSSR count). The van der Waals surface area contributed by atoms with Crippen molar-refractivity contribution in [1.82, 2.24) is 30.0 Å². The lowest BCUT2D eigenvalue weighted by molar-refractivity contribution is 0.237. The first-order chi connectivity index (χ1) is 11.7. The molecule has 2 heterocycles. The molecule has 24 heavy (non-hydrogen) atoms. The van der Waals surface area contributed by atoms with E-state index in [1.54, 1.807) is 11.0 Å². The lowest BCUT2D eigenvalue weighted by Crippen LogP contribution is -2.38. The summed E-state index contributed by atoms with van der Waals surface area (Å²) in [6.45, 7) is 3.27. The van der Waals surface area contributed by atoms with Gasteiger partial charge in [0.05, 0.1) is 11.7 Å². The van der Waals surface area contributed by atoms with Gasteiger partial charge in [-0.2, -0.15) is 5.10 Å². The van der Waals surface area contributed by atoms with E-state index in [1.807, 2.05) is 60.3 Å². The number of rotatable bonds is 6. The molecule has 0 saturated heterocycles. The average molecular weight is 324 g/mol. The van der Waals surface area contributed by atoms with Crippen molar-refractivity contribution in [1.29, 1.82) is 0 Å². The molecule has 7 heteroatoms. The molecule has 2 aromatic heterocycles. The number of carbonyl (C=O) groups is 1. The van der Waals surface area contributed by atoms with E-state index in [4.69, 9.17) is 0 Å². The fourth-order valence-corrected chi connectivity index (χ4v) is 2.43. The van der Waals surface area contributed by atoms with Gasteiger partial charge in [-0.15, -0.1) is 0 Å². The second-order valence-corrected chi connectivity index (χ2v) is 5.48. The zero-order valence-corrected chi connectivity index (χ0v) is 13.5. The van der Waals surface area contributed by atoms with Crippen LogP contribution in [0.3, 0.4) is 0 Å². The van der Waals surface area contributed by atoms with Gasteiger partial charge >= 0.3 is 6.03 Å². The Labute approximate surface area is 140 Å². The normalized spacial score (nSPS) is 11.9. The van der Waals surface area contributed by atoms with Gasteiger partial charge in [0.1, 0.15) is 12.7 Å². The van der Waals surface area contributed by atoms with Crippen molar-refractivity contribution < 1.29 is 4.79 Å². The molecule has 0 unspecified atom stereocenters. The summed E-state index contributed by atoms with van der Waals surface area (Å²) in [5.74, 6) is 0. The van der Waals surface area contributed by atoms with Crippen molar-refractivity contribution in [2.75, 3.05) is 6.54 Å². The third-order valence-electron chi connectivity index (χ3n) is 3.72. The van der Waals surface area contributed by atoms with Gasteiger partial charge in [-0.1, -0.05) is 12.1 Å². The topological polar surface area (TPSA) is 76.8 Å². The van der Waals surface area contributed by atoms with E-state index in [2.05, 4.69) is 20.7 Å². The van der Waals surface area contributed by atoms with Crippen molar-refractivity contribution in [3.63, 3.8) is 0 Å². The Balaban J connectivity index is 1.53. The fourth-order valence-electron chi connectivity index (χ4n) is 2.43. The molecule has 1 atom stereocenters. The van der Waals surface area contributed by atoms with Gasteiger partial charge in [0.2, 0.25) is 0 Å². The van der Waals surface area contributed by atoms with Gasteiger partial charge in [-0.3, -0.25) is 0 Å². The van der Waals surface area contributed by atoms with Crippen LogP contribution in [0, 0.1) is 0 Å². The minimum Gasteiger partial charge on any atom is -0.353 e. The first-order valence-corrected chi connectivity index (χ1v) is 7.82. The standard InChI is InChI=1S/C17H20N6O/c1-14(21-17(24)19-7-10-22-8-2-3-9-22)15-5-4-6-16(11-15)23-13-18-12-20-23/h2-6,8-9,11-14H,7,10H2,1H3,(H2,19,21,24)/t14-/m0/s1. The van der Waals surface area contributed by atoms with Crippen LogP contribution in [0.25, 0.3) is 5.69 Å². The number of carbonyl (C=O) groups excluding carboxylic acids is 1. The molecule has 0 saturated carbocycles. The number of hydrogen-bond acceptors (Lipinski definition) is 3. The third-order valence-corrected chi connectivity index (χ3v) is 3.72. The third kappa shape index (κ3) is 4.01. The molecule has 0 aliphatic carbocycles. The molecular formula is C17H20N6O. The minimum absolute atomic E-state index is 0.111. The maximum absolute atomic E-state index is 12.0. The highest BCUT2D eigenvalue weighted by Crippen LogP contribution is 2.16. The van der Waals surface area contributed by atoms with Crippen LogP contribution in [0.5, 0.6) is 0 Å². The Kier molecular flexibility index (Phi) is 4.90. The molecule has 2 amide bonds. The highest BCUT2D eigenvalue weighted by Gasteiger charge is 2.10. The van der Waals surface area contributed by atoms with Gasteiger partial charge in [-0.05, 0) is 36.8 Å². The smallest absolute Gasteiger partial charge is 0.315 e. The second kappa shape index (κ2) is 7.45. The molecule has 7 nitrogen and oxygen atoms in total. The van der Waals surface area contributed by atoms with Crippen LogP contribution >= 0.6 is 0 Å². The lowest BCUT2D eigenvalue weighted by Gasteiger charge is -2.16. The Morgan fingerprint density at radius 3 is 2.83 bits per heavy atom. The molecule has 0 spiro atoms. The summed E-state index contributed by atoms with van der Waals surface area (Å²) in [5, 5.41) is 9.93. The van der Waals surface area contributed by atoms with Crippen LogP contribution in [0.4, 0.5) is 4.79 Å². The first kappa shape index (κ1) is 15.8. The number of aromatic nitrogens is 4. The molecule has 124 valence electrons. The monoisotopic (exact) mass is 324 g/mol. The quantitative estimate of drug-likeness (QED) is 0.729. The minimum atomic E-state index is -0.180. The molecule has 0 fully saturated rings. The van der Waals surface area contributed by atoms with Crippen LogP contribution in [0.1, 0.15) is 18.5 Å². The highest BCUT2D eigenvalue weighted by molar-refractivity contribution is 5.74. The van der Waals surface area contributed by atoms with Crippen molar-refractivity contribution in [3.8, 4) is 5.69 Å². The lowest BCUT2D eigenvalue weighted by atomic mass is 10.1. The molecule has 0 aliphatic heterocycles. The van der Waals surface area contributed by atoms with Gasteiger partial charge < -0.3 is 15.2 Å². The van der Waals surface area contributed by atoms with Gasteiger partial charge in [0.15, 0.2) is 0 Å². The summed E-state index contributed by atoms with van der Waals surface area (Å²) in [5.41, 5.74) is 1.91. The molecule has 0 radical (unpaired) electrons. The van der Waals surface area contributed by atoms with E-state index in [9.17, 15) is 4.79 Å². The van der Waals surface area contributed by atoms with Gasteiger partial charge in [0, 0.05) is 25.5 Å². The Morgan fingerprint density at radius 1 is 1.25 bits per heavy atom. The molecule has 0 bridgehead atoms. The Hall–Kier alpha value is -3.09. The number of hydrogen-bond donors (Lipinski definition) is 2. The molecule has 3 aromatic rings. The summed E-state index contributed by atoms with van der Waals surface area (Å²) in [6.07, 6.45) is 7.08. The predicted octanol–water partition coefficient (Wildman–Crippen LogP) is 2.13. The number of amides is 2. The van der Waals surface area contributed by atoms with E-state index in [0.29, 0.717) is 6.54 Å². The number of nitrogens with one attached hydrogen (secondary N) is 2. The van der Waals surface area contributed by atoms with E-state index in [1.165, 1.54) is 6.33 Å². The largest absolute Gasteiger partial charge is 0.353 e. The fraction of sp³-hybridized carbons (Fsp3) is 0.235. The zero-order chi connectivity index (χ0) is 16.8. The SMILES string of the molecule is C[C@H](NC(=O)NCCn1cccc1)c1cccc(-n2cncn2)c1. The first-order valence-electron chi connectivity index (χ1n) is 7.82. The summed E-state index contributed by atoms with van der Waals surface area (Å²) < 4.78 is 3.71. The predicted molar refractivity (Wildman–Crippen MR) is 90.7 cm³/mol. The van der Waals surface area contributed by atoms with Crippen molar-refractivity contribution in [3.05, 3.63) is 67.0 Å². The summed E-state index contributed by atoms with van der Waals surface area (Å²) in [4.78, 5) is 16.0. The van der Waals surface area contributed by atoms with Crippen LogP contribution < -0.4 is 10.6 Å². The summed E-state index contributed by atoms with van der Waals surface area (Å²) >= 11 is 0. The van der Waals surface area contributed by atoms with Crippen LogP contribution in [-0.4, -0.2) is 31.9 Å². The molecule has 1 aromatic carbocycles. The molecule has 2 N–H and O–H groups in total. The van der Waals surface area contributed by atoms with E-state index in [-0.39, 0.29) is 12.1 Å². The van der Waals surface area contributed by atoms with E-state index >= 15 is 0 Å². The van der Waals surface area contributed by atoms with Crippen LogP contribution in [-0.2, 0) is 6.54 Å². The van der Waals surface area contributed by atoms with E-state index in [0.717, 1.165) is 17.8 Å². The summed E-state index contributed by atoms with van der Waals surface area (Å²) in [7, 11) is 0. The van der Waals surface area contributed by atoms with Crippen molar-refractivity contribution in [2.24, 2.45) is 0 Å². The highest BCUT2D eigenvalue weighted by atomic mass is 16.2. The second-order valence-electron chi connectivity index (χ2n) is 5.48.